The first-order valence-corrected chi connectivity index (χ1v) is 7.93. The van der Waals surface area contributed by atoms with Crippen molar-refractivity contribution in [3.05, 3.63) is 28.2 Å². The Kier molecular flexibility index (Phi) is 5.29. The maximum absolute atomic E-state index is 8.97. The van der Waals surface area contributed by atoms with Gasteiger partial charge in [-0.25, -0.2) is 0 Å². The van der Waals surface area contributed by atoms with E-state index in [0.29, 0.717) is 6.04 Å². The van der Waals surface area contributed by atoms with Gasteiger partial charge in [0.1, 0.15) is 0 Å². The Morgan fingerprint density at radius 2 is 1.95 bits per heavy atom. The quantitative estimate of drug-likeness (QED) is 0.290. The minimum Gasteiger partial charge on any atom is -0.409 e. The van der Waals surface area contributed by atoms with Crippen molar-refractivity contribution in [2.24, 2.45) is 10.9 Å². The molecule has 0 heterocycles. The van der Waals surface area contributed by atoms with Crippen LogP contribution in [0.25, 0.3) is 0 Å². The third-order valence-electron chi connectivity index (χ3n) is 4.09. The molecule has 5 heteroatoms. The van der Waals surface area contributed by atoms with Gasteiger partial charge in [-0.15, -0.1) is 0 Å². The molecule has 1 aliphatic carbocycles. The van der Waals surface area contributed by atoms with Gasteiger partial charge in [-0.3, -0.25) is 0 Å². The van der Waals surface area contributed by atoms with E-state index in [9.17, 15) is 0 Å². The number of rotatable bonds is 3. The molecule has 1 aromatic carbocycles. The van der Waals surface area contributed by atoms with Crippen LogP contribution in [0.15, 0.2) is 27.8 Å². The van der Waals surface area contributed by atoms with Gasteiger partial charge in [0.15, 0.2) is 5.84 Å². The van der Waals surface area contributed by atoms with Crippen LogP contribution in [-0.4, -0.2) is 24.1 Å². The van der Waals surface area contributed by atoms with Gasteiger partial charge in [-0.1, -0.05) is 46.8 Å². The van der Waals surface area contributed by atoms with E-state index in [1.54, 1.807) is 0 Å². The smallest absolute Gasteiger partial charge is 0.172 e. The van der Waals surface area contributed by atoms with Crippen LogP contribution in [-0.2, 0) is 0 Å². The fourth-order valence-corrected chi connectivity index (χ4v) is 3.28. The molecule has 0 saturated heterocycles. The van der Waals surface area contributed by atoms with E-state index in [2.05, 4.69) is 33.0 Å². The van der Waals surface area contributed by atoms with Gasteiger partial charge in [0.05, 0.1) is 0 Å². The summed E-state index contributed by atoms with van der Waals surface area (Å²) in [4.78, 5) is 2.28. The summed E-state index contributed by atoms with van der Waals surface area (Å²) in [5.41, 5.74) is 7.61. The molecule has 1 fully saturated rings. The molecule has 1 aromatic rings. The molecule has 0 amide bonds. The van der Waals surface area contributed by atoms with Crippen LogP contribution in [0.2, 0.25) is 0 Å². The Morgan fingerprint density at radius 3 is 2.55 bits per heavy atom. The molecule has 0 atom stereocenters. The van der Waals surface area contributed by atoms with E-state index in [4.69, 9.17) is 10.9 Å². The summed E-state index contributed by atoms with van der Waals surface area (Å²) < 4.78 is 0.928. The molecule has 4 nitrogen and oxygen atoms in total. The van der Waals surface area contributed by atoms with Crippen molar-refractivity contribution in [1.82, 2.24) is 0 Å². The highest BCUT2D eigenvalue weighted by Gasteiger charge is 2.20. The Bertz CT molecular complexity index is 482. The van der Waals surface area contributed by atoms with Crippen LogP contribution in [0.1, 0.15) is 44.1 Å². The standard InChI is InChI=1S/C15H22BrN3O/c1-19(12-6-4-2-3-5-7-12)14-9-8-11(16)10-13(14)15(17)18-20/h8-10,12,20H,2-7H2,1H3,(H2,17,18). The average molecular weight is 340 g/mol. The second-order valence-corrected chi connectivity index (χ2v) is 6.32. The summed E-state index contributed by atoms with van der Waals surface area (Å²) in [6.45, 7) is 0. The molecule has 2 rings (SSSR count). The van der Waals surface area contributed by atoms with Crippen LogP contribution < -0.4 is 10.6 Å². The SMILES string of the molecule is CN(c1ccc(Br)cc1/C(N)=N/O)C1CCCCCC1. The summed E-state index contributed by atoms with van der Waals surface area (Å²) in [6, 6.07) is 6.46. The number of hydrogen-bond acceptors (Lipinski definition) is 3. The van der Waals surface area contributed by atoms with Crippen molar-refractivity contribution in [2.45, 2.75) is 44.6 Å². The minimum absolute atomic E-state index is 0.154. The van der Waals surface area contributed by atoms with Crippen LogP contribution in [0.5, 0.6) is 0 Å². The molecule has 110 valence electrons. The number of nitrogens with two attached hydrogens (primary N) is 1. The van der Waals surface area contributed by atoms with E-state index >= 15 is 0 Å². The average Bonchev–Trinajstić information content (AvgIpc) is 2.74. The zero-order valence-corrected chi connectivity index (χ0v) is 13.4. The van der Waals surface area contributed by atoms with E-state index in [0.717, 1.165) is 15.7 Å². The third kappa shape index (κ3) is 3.45. The number of nitrogens with zero attached hydrogens (tertiary/aromatic N) is 2. The summed E-state index contributed by atoms with van der Waals surface area (Å²) in [5.74, 6) is 0.154. The first kappa shape index (κ1) is 15.2. The van der Waals surface area contributed by atoms with Crippen molar-refractivity contribution in [3.8, 4) is 0 Å². The number of hydrogen-bond donors (Lipinski definition) is 2. The van der Waals surface area contributed by atoms with Gasteiger partial charge in [0.25, 0.3) is 0 Å². The lowest BCUT2D eigenvalue weighted by atomic mass is 10.0. The second kappa shape index (κ2) is 6.97. The lowest BCUT2D eigenvalue weighted by Crippen LogP contribution is -2.33. The zero-order valence-electron chi connectivity index (χ0n) is 11.8. The largest absolute Gasteiger partial charge is 0.409 e. The fraction of sp³-hybridized carbons (Fsp3) is 0.533. The van der Waals surface area contributed by atoms with E-state index < -0.39 is 0 Å². The second-order valence-electron chi connectivity index (χ2n) is 5.40. The number of benzene rings is 1. The molecule has 1 aliphatic rings. The summed E-state index contributed by atoms with van der Waals surface area (Å²) in [6.07, 6.45) is 7.65. The third-order valence-corrected chi connectivity index (χ3v) is 4.59. The van der Waals surface area contributed by atoms with E-state index in [1.165, 1.54) is 38.5 Å². The van der Waals surface area contributed by atoms with Crippen molar-refractivity contribution in [1.29, 1.82) is 0 Å². The monoisotopic (exact) mass is 339 g/mol. The molecule has 0 aromatic heterocycles. The highest BCUT2D eigenvalue weighted by atomic mass is 79.9. The van der Waals surface area contributed by atoms with Crippen molar-refractivity contribution in [2.75, 3.05) is 11.9 Å². The predicted molar refractivity (Wildman–Crippen MR) is 86.5 cm³/mol. The Labute approximate surface area is 128 Å². The Morgan fingerprint density at radius 1 is 1.30 bits per heavy atom. The molecule has 0 unspecified atom stereocenters. The molecule has 0 bridgehead atoms. The maximum Gasteiger partial charge on any atom is 0.172 e. The topological polar surface area (TPSA) is 61.8 Å². The molecular formula is C15H22BrN3O. The van der Waals surface area contributed by atoms with Gasteiger partial charge in [-0.05, 0) is 31.0 Å². The first-order valence-electron chi connectivity index (χ1n) is 7.13. The van der Waals surface area contributed by atoms with Crippen LogP contribution in [0, 0.1) is 0 Å². The Balaban J connectivity index is 2.30. The summed E-state index contributed by atoms with van der Waals surface area (Å²) in [5, 5.41) is 12.1. The maximum atomic E-state index is 8.97. The number of amidine groups is 1. The van der Waals surface area contributed by atoms with Crippen LogP contribution in [0.4, 0.5) is 5.69 Å². The molecule has 3 N–H and O–H groups in total. The molecule has 0 radical (unpaired) electrons. The highest BCUT2D eigenvalue weighted by Crippen LogP contribution is 2.29. The lowest BCUT2D eigenvalue weighted by Gasteiger charge is -2.31. The minimum atomic E-state index is 0.154. The molecule has 20 heavy (non-hydrogen) atoms. The first-order chi connectivity index (χ1) is 9.63. The normalized spacial score (nSPS) is 17.8. The Hall–Kier alpha value is -1.23. The van der Waals surface area contributed by atoms with Gasteiger partial charge >= 0.3 is 0 Å². The van der Waals surface area contributed by atoms with E-state index in [-0.39, 0.29) is 5.84 Å². The zero-order chi connectivity index (χ0) is 14.5. The fourth-order valence-electron chi connectivity index (χ4n) is 2.92. The van der Waals surface area contributed by atoms with Gasteiger partial charge in [0, 0.05) is 28.8 Å². The van der Waals surface area contributed by atoms with Crippen molar-refractivity contribution in [3.63, 3.8) is 0 Å². The van der Waals surface area contributed by atoms with Crippen molar-refractivity contribution >= 4 is 27.5 Å². The van der Waals surface area contributed by atoms with Gasteiger partial charge < -0.3 is 15.8 Å². The highest BCUT2D eigenvalue weighted by molar-refractivity contribution is 9.10. The molecule has 0 spiro atoms. The van der Waals surface area contributed by atoms with E-state index in [1.807, 2.05) is 18.2 Å². The van der Waals surface area contributed by atoms with Gasteiger partial charge in [-0.2, -0.15) is 0 Å². The number of oxime groups is 1. The van der Waals surface area contributed by atoms with Crippen molar-refractivity contribution < 1.29 is 5.21 Å². The van der Waals surface area contributed by atoms with Crippen LogP contribution >= 0.6 is 15.9 Å². The van der Waals surface area contributed by atoms with Crippen LogP contribution in [0.3, 0.4) is 0 Å². The lowest BCUT2D eigenvalue weighted by molar-refractivity contribution is 0.318. The predicted octanol–water partition coefficient (Wildman–Crippen LogP) is 3.70. The molecule has 1 saturated carbocycles. The number of anilines is 1. The molecular weight excluding hydrogens is 318 g/mol. The van der Waals surface area contributed by atoms with Gasteiger partial charge in [0.2, 0.25) is 0 Å². The number of halogens is 1. The summed E-state index contributed by atoms with van der Waals surface area (Å²) >= 11 is 3.44. The summed E-state index contributed by atoms with van der Waals surface area (Å²) in [7, 11) is 2.10. The molecule has 0 aliphatic heterocycles.